The molecule has 8 heteroatoms. The molecule has 0 aromatic heterocycles. The number of carboxylic acids is 1. The fourth-order valence-electron chi connectivity index (χ4n) is 1.14. The second-order valence-electron chi connectivity index (χ2n) is 3.35. The van der Waals surface area contributed by atoms with Crippen LogP contribution in [-0.2, 0) is 14.8 Å². The highest BCUT2D eigenvalue weighted by Crippen LogP contribution is 2.05. The van der Waals surface area contributed by atoms with E-state index in [9.17, 15) is 18.0 Å². The molecule has 0 bridgehead atoms. The van der Waals surface area contributed by atoms with E-state index in [-0.39, 0.29) is 5.56 Å². The largest absolute Gasteiger partial charge is 0.480 e. The van der Waals surface area contributed by atoms with Gasteiger partial charge in [-0.15, -0.1) is 0 Å². The molecule has 0 saturated carbocycles. The van der Waals surface area contributed by atoms with Gasteiger partial charge in [0.25, 0.3) is 15.1 Å². The molecule has 7 nitrogen and oxygen atoms in total. The summed E-state index contributed by atoms with van der Waals surface area (Å²) in [6, 6.07) is 5.38. The van der Waals surface area contributed by atoms with Gasteiger partial charge in [-0.25, -0.2) is 8.42 Å². The van der Waals surface area contributed by atoms with Crippen molar-refractivity contribution in [2.75, 3.05) is 6.61 Å². The number of benzene rings is 1. The number of carboxylic acid groups (broad SMARTS) is 1. The number of sulfonamides is 1. The van der Waals surface area contributed by atoms with Gasteiger partial charge in [-0.3, -0.25) is 9.59 Å². The smallest absolute Gasteiger partial charge is 0.324 e. The van der Waals surface area contributed by atoms with Gasteiger partial charge >= 0.3 is 5.97 Å². The van der Waals surface area contributed by atoms with Crippen LogP contribution in [0.5, 0.6) is 0 Å². The van der Waals surface area contributed by atoms with E-state index in [1.54, 1.807) is 10.8 Å². The van der Waals surface area contributed by atoms with Crippen LogP contribution in [0.3, 0.4) is 0 Å². The van der Waals surface area contributed by atoms with Gasteiger partial charge in [0.2, 0.25) is 0 Å². The van der Waals surface area contributed by atoms with Crippen LogP contribution in [0.2, 0.25) is 0 Å². The quantitative estimate of drug-likeness (QED) is 0.645. The molecule has 0 aliphatic heterocycles. The SMILES string of the molecule is O=C(O)[C@H](CO)NS(=O)(=O)C(=O)c1ccccc1. The van der Waals surface area contributed by atoms with Crippen molar-refractivity contribution in [2.24, 2.45) is 0 Å². The van der Waals surface area contributed by atoms with Crippen LogP contribution < -0.4 is 4.72 Å². The Balaban J connectivity index is 2.94. The second kappa shape index (κ2) is 5.71. The molecule has 0 spiro atoms. The van der Waals surface area contributed by atoms with Gasteiger partial charge in [-0.05, 0) is 0 Å². The maximum Gasteiger partial charge on any atom is 0.324 e. The van der Waals surface area contributed by atoms with Gasteiger partial charge in [0.05, 0.1) is 6.61 Å². The molecule has 1 rings (SSSR count). The Labute approximate surface area is 103 Å². The van der Waals surface area contributed by atoms with Crippen LogP contribution in [0.25, 0.3) is 0 Å². The summed E-state index contributed by atoms with van der Waals surface area (Å²) in [7, 11) is -4.50. The standard InChI is InChI=1S/C10H11NO6S/c12-6-8(9(13)14)11-18(16,17)10(15)7-4-2-1-3-5-7/h1-5,8,11-12H,6H2,(H,13,14)/t8-/m0/s1. The Morgan fingerprint density at radius 3 is 2.22 bits per heavy atom. The topological polar surface area (TPSA) is 121 Å². The molecule has 0 heterocycles. The maximum atomic E-state index is 11.6. The maximum absolute atomic E-state index is 11.6. The van der Waals surface area contributed by atoms with Crippen LogP contribution in [0.15, 0.2) is 30.3 Å². The molecule has 3 N–H and O–H groups in total. The highest BCUT2D eigenvalue weighted by Gasteiger charge is 2.29. The van der Waals surface area contributed by atoms with Crippen molar-refractivity contribution in [1.82, 2.24) is 4.72 Å². The Morgan fingerprint density at radius 1 is 1.22 bits per heavy atom. The first-order valence-corrected chi connectivity index (χ1v) is 6.32. The molecule has 98 valence electrons. The minimum absolute atomic E-state index is 0.0907. The first-order chi connectivity index (χ1) is 8.38. The average Bonchev–Trinajstić information content (AvgIpc) is 2.35. The lowest BCUT2D eigenvalue weighted by atomic mass is 10.2. The molecule has 1 aromatic rings. The van der Waals surface area contributed by atoms with E-state index in [0.717, 1.165) is 0 Å². The number of aliphatic carboxylic acids is 1. The molecule has 0 fully saturated rings. The predicted molar refractivity (Wildman–Crippen MR) is 61.3 cm³/mol. The summed E-state index contributed by atoms with van der Waals surface area (Å²) in [5.74, 6) is -1.57. The van der Waals surface area contributed by atoms with E-state index in [4.69, 9.17) is 10.2 Å². The van der Waals surface area contributed by atoms with Gasteiger partial charge in [0.15, 0.2) is 0 Å². The normalized spacial score (nSPS) is 12.9. The first kappa shape index (κ1) is 14.3. The van der Waals surface area contributed by atoms with Crippen molar-refractivity contribution in [1.29, 1.82) is 0 Å². The summed E-state index contributed by atoms with van der Waals surface area (Å²) in [5.41, 5.74) is -0.0907. The summed E-state index contributed by atoms with van der Waals surface area (Å²) < 4.78 is 24.8. The van der Waals surface area contributed by atoms with Crippen LogP contribution in [0.4, 0.5) is 0 Å². The predicted octanol–water partition coefficient (Wildman–Crippen LogP) is -0.808. The van der Waals surface area contributed by atoms with Crippen LogP contribution in [-0.4, -0.2) is 42.4 Å². The number of hydrogen-bond acceptors (Lipinski definition) is 5. The number of rotatable bonds is 5. The van der Waals surface area contributed by atoms with Gasteiger partial charge in [-0.2, -0.15) is 4.72 Å². The third-order valence-corrected chi connectivity index (χ3v) is 3.35. The van der Waals surface area contributed by atoms with E-state index < -0.39 is 33.8 Å². The third-order valence-electron chi connectivity index (χ3n) is 2.03. The summed E-state index contributed by atoms with van der Waals surface area (Å²) in [4.78, 5) is 22.2. The lowest BCUT2D eigenvalue weighted by molar-refractivity contribution is -0.139. The van der Waals surface area contributed by atoms with Crippen molar-refractivity contribution >= 4 is 21.1 Å². The lowest BCUT2D eigenvalue weighted by Gasteiger charge is -2.11. The molecular weight excluding hydrogens is 262 g/mol. The molecule has 0 radical (unpaired) electrons. The summed E-state index contributed by atoms with van der Waals surface area (Å²) in [6.07, 6.45) is 0. The number of nitrogens with one attached hydrogen (secondary N) is 1. The Bertz CT molecular complexity index is 539. The molecule has 0 aliphatic carbocycles. The van der Waals surface area contributed by atoms with Crippen molar-refractivity contribution in [3.05, 3.63) is 35.9 Å². The van der Waals surface area contributed by atoms with Gasteiger partial charge in [-0.1, -0.05) is 30.3 Å². The van der Waals surface area contributed by atoms with Crippen molar-refractivity contribution in [3.8, 4) is 0 Å². The van der Waals surface area contributed by atoms with Crippen molar-refractivity contribution in [3.63, 3.8) is 0 Å². The van der Waals surface area contributed by atoms with E-state index >= 15 is 0 Å². The summed E-state index contributed by atoms with van der Waals surface area (Å²) >= 11 is 0. The molecule has 1 atom stereocenters. The Hall–Kier alpha value is -1.77. The zero-order valence-corrected chi connectivity index (χ0v) is 9.92. The van der Waals surface area contributed by atoms with Crippen LogP contribution >= 0.6 is 0 Å². The molecule has 1 aromatic carbocycles. The van der Waals surface area contributed by atoms with E-state index in [2.05, 4.69) is 0 Å². The highest BCUT2D eigenvalue weighted by atomic mass is 32.2. The third kappa shape index (κ3) is 3.36. The number of aliphatic hydroxyl groups excluding tert-OH is 1. The Morgan fingerprint density at radius 2 is 1.78 bits per heavy atom. The number of aliphatic hydroxyl groups is 1. The fourth-order valence-corrected chi connectivity index (χ4v) is 2.24. The number of carbonyl (C=O) groups excluding carboxylic acids is 1. The second-order valence-corrected chi connectivity index (χ2v) is 4.96. The van der Waals surface area contributed by atoms with E-state index in [1.165, 1.54) is 24.3 Å². The zero-order chi connectivity index (χ0) is 13.8. The summed E-state index contributed by atoms with van der Waals surface area (Å²) in [6.45, 7) is -0.948. The summed E-state index contributed by atoms with van der Waals surface area (Å²) in [5, 5.41) is 16.0. The molecule has 0 amide bonds. The average molecular weight is 273 g/mol. The zero-order valence-electron chi connectivity index (χ0n) is 9.11. The van der Waals surface area contributed by atoms with E-state index in [0.29, 0.717) is 0 Å². The monoisotopic (exact) mass is 273 g/mol. The first-order valence-electron chi connectivity index (χ1n) is 4.84. The molecular formula is C10H11NO6S. The van der Waals surface area contributed by atoms with Crippen molar-refractivity contribution in [2.45, 2.75) is 6.04 Å². The van der Waals surface area contributed by atoms with Crippen LogP contribution in [0, 0.1) is 0 Å². The van der Waals surface area contributed by atoms with Crippen molar-refractivity contribution < 1.29 is 28.2 Å². The van der Waals surface area contributed by atoms with Gasteiger partial charge in [0, 0.05) is 5.56 Å². The molecule has 18 heavy (non-hydrogen) atoms. The van der Waals surface area contributed by atoms with Crippen LogP contribution in [0.1, 0.15) is 10.4 Å². The molecule has 0 aliphatic rings. The fraction of sp³-hybridized carbons (Fsp3) is 0.200. The molecule has 0 unspecified atom stereocenters. The molecule has 0 saturated heterocycles. The Kier molecular flexibility index (Phi) is 4.54. The number of carbonyl (C=O) groups is 2. The highest BCUT2D eigenvalue weighted by molar-refractivity contribution is 8.05. The van der Waals surface area contributed by atoms with Gasteiger partial charge in [0.1, 0.15) is 6.04 Å². The minimum atomic E-state index is -4.50. The van der Waals surface area contributed by atoms with Gasteiger partial charge < -0.3 is 10.2 Å². The number of hydrogen-bond donors (Lipinski definition) is 3. The van der Waals surface area contributed by atoms with E-state index in [1.807, 2.05) is 0 Å². The minimum Gasteiger partial charge on any atom is -0.480 e. The lowest BCUT2D eigenvalue weighted by Crippen LogP contribution is -2.45.